The van der Waals surface area contributed by atoms with Gasteiger partial charge in [0.2, 0.25) is 0 Å². The van der Waals surface area contributed by atoms with E-state index in [0.717, 1.165) is 6.42 Å². The summed E-state index contributed by atoms with van der Waals surface area (Å²) in [6.45, 7) is 2.38. The lowest BCUT2D eigenvalue weighted by molar-refractivity contribution is 0.317. The van der Waals surface area contributed by atoms with Crippen molar-refractivity contribution in [3.63, 3.8) is 0 Å². The molecular weight excluding hydrogens is 295 g/mol. The van der Waals surface area contributed by atoms with Crippen LogP contribution in [-0.2, 0) is 9.05 Å². The van der Waals surface area contributed by atoms with Gasteiger partial charge in [-0.2, -0.15) is 0 Å². The van der Waals surface area contributed by atoms with E-state index in [1.807, 2.05) is 6.92 Å². The van der Waals surface area contributed by atoms with Crippen molar-refractivity contribution in [2.45, 2.75) is 18.2 Å². The fraction of sp³-hybridized carbons (Fsp3) is 0.333. The topological polar surface area (TPSA) is 43.4 Å². The van der Waals surface area contributed by atoms with Crippen LogP contribution in [0.15, 0.2) is 17.0 Å². The second kappa shape index (κ2) is 5.45. The van der Waals surface area contributed by atoms with Crippen molar-refractivity contribution >= 4 is 42.9 Å². The van der Waals surface area contributed by atoms with Crippen molar-refractivity contribution in [2.24, 2.45) is 0 Å². The molecule has 0 aliphatic rings. The third-order valence-electron chi connectivity index (χ3n) is 1.70. The van der Waals surface area contributed by atoms with Crippen molar-refractivity contribution in [2.75, 3.05) is 6.61 Å². The summed E-state index contributed by atoms with van der Waals surface area (Å²) in [6, 6.07) is 2.42. The van der Waals surface area contributed by atoms with Gasteiger partial charge in [-0.3, -0.25) is 0 Å². The van der Waals surface area contributed by atoms with E-state index in [1.54, 1.807) is 0 Å². The zero-order valence-electron chi connectivity index (χ0n) is 8.34. The van der Waals surface area contributed by atoms with Gasteiger partial charge in [0.15, 0.2) is 5.75 Å². The molecule has 0 bridgehead atoms. The predicted molar refractivity (Wildman–Crippen MR) is 65.3 cm³/mol. The van der Waals surface area contributed by atoms with E-state index in [4.69, 9.17) is 38.6 Å². The first-order chi connectivity index (χ1) is 7.36. The Balaban J connectivity index is 3.18. The normalized spacial score (nSPS) is 11.5. The molecule has 0 aliphatic carbocycles. The fourth-order valence-corrected chi connectivity index (χ4v) is 2.53. The highest BCUT2D eigenvalue weighted by Gasteiger charge is 2.16. The lowest BCUT2D eigenvalue weighted by Crippen LogP contribution is -1.98. The minimum atomic E-state index is -3.84. The summed E-state index contributed by atoms with van der Waals surface area (Å²) in [5.74, 6) is 0.272. The summed E-state index contributed by atoms with van der Waals surface area (Å²) in [6.07, 6.45) is 0.794. The van der Waals surface area contributed by atoms with E-state index < -0.39 is 9.05 Å². The highest BCUT2D eigenvalue weighted by atomic mass is 35.7. The summed E-state index contributed by atoms with van der Waals surface area (Å²) in [7, 11) is 1.34. The Morgan fingerprint density at radius 1 is 1.25 bits per heavy atom. The molecule has 7 heteroatoms. The number of ether oxygens (including phenoxy) is 1. The van der Waals surface area contributed by atoms with Gasteiger partial charge < -0.3 is 4.74 Å². The van der Waals surface area contributed by atoms with Gasteiger partial charge in [0.1, 0.15) is 0 Å². The van der Waals surface area contributed by atoms with E-state index >= 15 is 0 Å². The molecular formula is C9H9Cl3O3S. The zero-order valence-corrected chi connectivity index (χ0v) is 11.4. The summed E-state index contributed by atoms with van der Waals surface area (Å²) >= 11 is 11.7. The molecule has 90 valence electrons. The maximum Gasteiger partial charge on any atom is 0.261 e. The molecule has 0 N–H and O–H groups in total. The summed E-state index contributed by atoms with van der Waals surface area (Å²) in [4.78, 5) is -0.145. The maximum atomic E-state index is 11.1. The second-order valence-electron chi connectivity index (χ2n) is 3.00. The number of hydrogen-bond donors (Lipinski definition) is 0. The average Bonchev–Trinajstić information content (AvgIpc) is 2.15. The van der Waals surface area contributed by atoms with Gasteiger partial charge in [0.05, 0.1) is 21.5 Å². The van der Waals surface area contributed by atoms with E-state index in [9.17, 15) is 8.42 Å². The minimum absolute atomic E-state index is 0.125. The van der Waals surface area contributed by atoms with E-state index in [1.165, 1.54) is 12.1 Å². The first-order valence-corrected chi connectivity index (χ1v) is 7.49. The molecule has 0 amide bonds. The van der Waals surface area contributed by atoms with Crippen molar-refractivity contribution in [1.29, 1.82) is 0 Å². The first-order valence-electron chi connectivity index (χ1n) is 4.42. The molecule has 1 aromatic rings. The number of rotatable bonds is 4. The largest absolute Gasteiger partial charge is 0.490 e. The van der Waals surface area contributed by atoms with Crippen LogP contribution < -0.4 is 4.74 Å². The first kappa shape index (κ1) is 13.9. The van der Waals surface area contributed by atoms with E-state index in [-0.39, 0.29) is 20.7 Å². The molecule has 0 aliphatic heterocycles. The molecule has 0 aromatic heterocycles. The molecule has 1 aromatic carbocycles. The van der Waals surface area contributed by atoms with Crippen molar-refractivity contribution in [1.82, 2.24) is 0 Å². The van der Waals surface area contributed by atoms with Crippen LogP contribution in [0.1, 0.15) is 13.3 Å². The van der Waals surface area contributed by atoms with Gasteiger partial charge in [0.25, 0.3) is 9.05 Å². The summed E-state index contributed by atoms with van der Waals surface area (Å²) in [5, 5.41) is 0.250. The van der Waals surface area contributed by atoms with Crippen LogP contribution in [0.4, 0.5) is 0 Å². The monoisotopic (exact) mass is 302 g/mol. The quantitative estimate of drug-likeness (QED) is 0.796. The maximum absolute atomic E-state index is 11.1. The molecule has 0 fully saturated rings. The fourth-order valence-electron chi connectivity index (χ4n) is 1.02. The summed E-state index contributed by atoms with van der Waals surface area (Å²) < 4.78 is 27.4. The van der Waals surface area contributed by atoms with Crippen molar-refractivity contribution in [3.8, 4) is 5.75 Å². The molecule has 0 radical (unpaired) electrons. The molecule has 3 nitrogen and oxygen atoms in total. The molecule has 0 atom stereocenters. The van der Waals surface area contributed by atoms with Crippen LogP contribution in [-0.4, -0.2) is 15.0 Å². The number of benzene rings is 1. The van der Waals surface area contributed by atoms with Crippen molar-refractivity contribution in [3.05, 3.63) is 22.2 Å². The predicted octanol–water partition coefficient (Wildman–Crippen LogP) is 3.71. The van der Waals surface area contributed by atoms with Gasteiger partial charge in [-0.25, -0.2) is 8.42 Å². The molecule has 1 rings (SSSR count). The standard InChI is InChI=1S/C9H9Cl3O3S/c1-2-3-15-9-7(10)4-6(5-8(9)11)16(12,13)14/h4-5H,2-3H2,1H3. The Bertz CT molecular complexity index is 462. The van der Waals surface area contributed by atoms with Gasteiger partial charge in [0, 0.05) is 10.7 Å². The molecule has 0 heterocycles. The Morgan fingerprint density at radius 2 is 1.75 bits per heavy atom. The Hall–Kier alpha value is -0.160. The number of hydrogen-bond acceptors (Lipinski definition) is 3. The van der Waals surface area contributed by atoms with Crippen LogP contribution in [0.25, 0.3) is 0 Å². The average molecular weight is 304 g/mol. The minimum Gasteiger partial charge on any atom is -0.490 e. The van der Waals surface area contributed by atoms with Crippen LogP contribution >= 0.6 is 33.9 Å². The Labute approximate surface area is 109 Å². The van der Waals surface area contributed by atoms with Crippen molar-refractivity contribution < 1.29 is 13.2 Å². The van der Waals surface area contributed by atoms with E-state index in [2.05, 4.69) is 0 Å². The van der Waals surface area contributed by atoms with Gasteiger partial charge in [-0.05, 0) is 18.6 Å². The van der Waals surface area contributed by atoms with Crippen LogP contribution in [0.5, 0.6) is 5.75 Å². The van der Waals surface area contributed by atoms with Gasteiger partial charge in [-0.1, -0.05) is 30.1 Å². The molecule has 0 spiro atoms. The Morgan fingerprint density at radius 3 is 2.12 bits per heavy atom. The smallest absolute Gasteiger partial charge is 0.261 e. The van der Waals surface area contributed by atoms with Gasteiger partial charge >= 0.3 is 0 Å². The number of halogens is 3. The SMILES string of the molecule is CCCOc1c(Cl)cc(S(=O)(=O)Cl)cc1Cl. The van der Waals surface area contributed by atoms with Crippen LogP contribution in [0.3, 0.4) is 0 Å². The summed E-state index contributed by atoms with van der Waals surface area (Å²) in [5.41, 5.74) is 0. The Kier molecular flexibility index (Phi) is 4.73. The molecule has 0 saturated heterocycles. The third kappa shape index (κ3) is 3.42. The third-order valence-corrected chi connectivity index (χ3v) is 3.60. The molecule has 0 saturated carbocycles. The van der Waals surface area contributed by atoms with Gasteiger partial charge in [-0.15, -0.1) is 0 Å². The molecule has 0 unspecified atom stereocenters. The molecule has 16 heavy (non-hydrogen) atoms. The second-order valence-corrected chi connectivity index (χ2v) is 6.38. The lowest BCUT2D eigenvalue weighted by atomic mass is 10.3. The highest BCUT2D eigenvalue weighted by molar-refractivity contribution is 8.13. The van der Waals surface area contributed by atoms with Crippen LogP contribution in [0, 0.1) is 0 Å². The zero-order chi connectivity index (χ0) is 12.3. The van der Waals surface area contributed by atoms with Crippen LogP contribution in [0.2, 0.25) is 10.0 Å². The highest BCUT2D eigenvalue weighted by Crippen LogP contribution is 2.36. The van der Waals surface area contributed by atoms with E-state index in [0.29, 0.717) is 6.61 Å². The lowest BCUT2D eigenvalue weighted by Gasteiger charge is -2.09.